The third-order valence-corrected chi connectivity index (χ3v) is 4.97. The van der Waals surface area contributed by atoms with E-state index in [0.29, 0.717) is 17.4 Å². The Morgan fingerprint density at radius 1 is 1.35 bits per heavy atom. The smallest absolute Gasteiger partial charge is 0.261 e. The maximum Gasteiger partial charge on any atom is 0.261 e. The molecule has 23 heavy (non-hydrogen) atoms. The van der Waals surface area contributed by atoms with Crippen molar-refractivity contribution in [1.29, 1.82) is 0 Å². The van der Waals surface area contributed by atoms with Crippen molar-refractivity contribution in [2.45, 2.75) is 25.8 Å². The van der Waals surface area contributed by atoms with Crippen molar-refractivity contribution < 1.29 is 9.32 Å². The molecule has 116 valence electrons. The van der Waals surface area contributed by atoms with E-state index in [4.69, 9.17) is 4.52 Å². The molecule has 0 saturated carbocycles. The maximum atomic E-state index is 12.2. The van der Waals surface area contributed by atoms with Crippen molar-refractivity contribution in [3.05, 3.63) is 51.7 Å². The molecule has 4 rings (SSSR count). The van der Waals surface area contributed by atoms with Gasteiger partial charge in [-0.2, -0.15) is 4.98 Å². The van der Waals surface area contributed by atoms with E-state index in [1.54, 1.807) is 23.6 Å². The van der Waals surface area contributed by atoms with Gasteiger partial charge in [0.05, 0.1) is 11.4 Å². The summed E-state index contributed by atoms with van der Waals surface area (Å²) in [7, 11) is 0. The molecule has 0 unspecified atom stereocenters. The number of rotatable bonds is 4. The summed E-state index contributed by atoms with van der Waals surface area (Å²) in [5.41, 5.74) is 1.96. The largest absolute Gasteiger partial charge is 0.342 e. The lowest BCUT2D eigenvalue weighted by molar-refractivity contribution is 0.0950. The van der Waals surface area contributed by atoms with Gasteiger partial charge in [-0.25, -0.2) is 0 Å². The maximum absolute atomic E-state index is 12.2. The Morgan fingerprint density at radius 3 is 3.13 bits per heavy atom. The fraction of sp³-hybridized carbons (Fsp3) is 0.250. The average Bonchev–Trinajstić information content (AvgIpc) is 3.29. The molecule has 3 aromatic rings. The molecule has 7 heteroatoms. The van der Waals surface area contributed by atoms with Crippen LogP contribution in [0.25, 0.3) is 11.5 Å². The molecule has 1 aliphatic carbocycles. The predicted molar refractivity (Wildman–Crippen MR) is 85.0 cm³/mol. The van der Waals surface area contributed by atoms with E-state index in [1.807, 2.05) is 18.2 Å². The van der Waals surface area contributed by atoms with Crippen molar-refractivity contribution in [2.75, 3.05) is 0 Å². The van der Waals surface area contributed by atoms with Crippen LogP contribution < -0.4 is 5.32 Å². The zero-order valence-electron chi connectivity index (χ0n) is 12.3. The van der Waals surface area contributed by atoms with Crippen molar-refractivity contribution in [3.63, 3.8) is 0 Å². The number of aryl methyl sites for hydroxylation is 2. The summed E-state index contributed by atoms with van der Waals surface area (Å²) in [5, 5.41) is 6.70. The summed E-state index contributed by atoms with van der Waals surface area (Å²) in [5.74, 6) is 0.690. The van der Waals surface area contributed by atoms with Crippen LogP contribution in [-0.2, 0) is 19.4 Å². The molecule has 3 heterocycles. The molecule has 0 saturated heterocycles. The topological polar surface area (TPSA) is 80.9 Å². The number of fused-ring (bicyclic) bond motifs is 1. The molecule has 3 aromatic heterocycles. The van der Waals surface area contributed by atoms with E-state index in [9.17, 15) is 4.79 Å². The van der Waals surface area contributed by atoms with Gasteiger partial charge in [-0.05, 0) is 43.0 Å². The monoisotopic (exact) mass is 326 g/mol. The zero-order valence-corrected chi connectivity index (χ0v) is 13.1. The number of nitrogens with one attached hydrogen (secondary N) is 1. The fourth-order valence-corrected chi connectivity index (χ4v) is 3.78. The molecule has 6 nitrogen and oxygen atoms in total. The molecule has 0 aliphatic heterocycles. The van der Waals surface area contributed by atoms with Crippen molar-refractivity contribution in [3.8, 4) is 11.5 Å². The summed E-state index contributed by atoms with van der Waals surface area (Å²) in [4.78, 5) is 22.7. The second kappa shape index (κ2) is 5.92. The highest BCUT2D eigenvalue weighted by Gasteiger charge is 2.19. The molecule has 0 aromatic carbocycles. The van der Waals surface area contributed by atoms with Crippen LogP contribution in [0.4, 0.5) is 0 Å². The van der Waals surface area contributed by atoms with E-state index >= 15 is 0 Å². The molecular weight excluding hydrogens is 312 g/mol. The van der Waals surface area contributed by atoms with E-state index < -0.39 is 0 Å². The summed E-state index contributed by atoms with van der Waals surface area (Å²) < 4.78 is 5.15. The van der Waals surface area contributed by atoms with Gasteiger partial charge in [-0.3, -0.25) is 9.78 Å². The molecule has 0 spiro atoms. The second-order valence-electron chi connectivity index (χ2n) is 5.32. The predicted octanol–water partition coefficient (Wildman–Crippen LogP) is 2.61. The quantitative estimate of drug-likeness (QED) is 0.797. The van der Waals surface area contributed by atoms with Gasteiger partial charge in [0, 0.05) is 11.1 Å². The van der Waals surface area contributed by atoms with Crippen molar-refractivity contribution in [1.82, 2.24) is 20.4 Å². The van der Waals surface area contributed by atoms with Crippen LogP contribution in [0, 0.1) is 0 Å². The van der Waals surface area contributed by atoms with Gasteiger partial charge >= 0.3 is 0 Å². The number of hydrogen-bond acceptors (Lipinski definition) is 6. The van der Waals surface area contributed by atoms with Gasteiger partial charge < -0.3 is 9.84 Å². The van der Waals surface area contributed by atoms with Crippen molar-refractivity contribution >= 4 is 17.2 Å². The minimum absolute atomic E-state index is 0.0954. The molecule has 0 radical (unpaired) electrons. The molecule has 0 fully saturated rings. The number of nitrogens with zero attached hydrogens (tertiary/aromatic N) is 3. The second-order valence-corrected chi connectivity index (χ2v) is 6.46. The van der Waals surface area contributed by atoms with Crippen LogP contribution in [0.3, 0.4) is 0 Å². The first-order valence-electron chi connectivity index (χ1n) is 7.43. The zero-order chi connectivity index (χ0) is 15.6. The summed E-state index contributed by atoms with van der Waals surface area (Å²) in [6.07, 6.45) is 5.03. The number of hydrogen-bond donors (Lipinski definition) is 1. The van der Waals surface area contributed by atoms with Crippen LogP contribution in [0.5, 0.6) is 0 Å². The number of carbonyl (C=O) groups excluding carboxylic acids is 1. The Balaban J connectivity index is 1.41. The molecular formula is C16H14N4O2S. The van der Waals surface area contributed by atoms with Crippen molar-refractivity contribution in [2.24, 2.45) is 0 Å². The number of pyridine rings is 1. The van der Waals surface area contributed by atoms with Crippen LogP contribution >= 0.6 is 11.3 Å². The Morgan fingerprint density at radius 2 is 2.30 bits per heavy atom. The Bertz CT molecular complexity index is 819. The van der Waals surface area contributed by atoms with Gasteiger partial charge in [0.15, 0.2) is 0 Å². The molecule has 1 N–H and O–H groups in total. The lowest BCUT2D eigenvalue weighted by atomic mass is 10.2. The van der Waals surface area contributed by atoms with Gasteiger partial charge in [0.2, 0.25) is 11.7 Å². The highest BCUT2D eigenvalue weighted by Crippen LogP contribution is 2.30. The van der Waals surface area contributed by atoms with E-state index in [-0.39, 0.29) is 12.5 Å². The molecule has 1 amide bonds. The standard InChI is InChI=1S/C16H14N4O2S/c21-16(13-8-10-4-3-6-12(10)23-13)18-9-14-19-15(20-22-14)11-5-1-2-7-17-11/h1-2,5,7-8H,3-4,6,9H2,(H,18,21). The first-order valence-corrected chi connectivity index (χ1v) is 8.25. The van der Waals surface area contributed by atoms with Gasteiger partial charge in [0.25, 0.3) is 5.91 Å². The third-order valence-electron chi connectivity index (χ3n) is 3.73. The van der Waals surface area contributed by atoms with Crippen LogP contribution in [0.1, 0.15) is 32.4 Å². The van der Waals surface area contributed by atoms with Gasteiger partial charge in [-0.15, -0.1) is 11.3 Å². The van der Waals surface area contributed by atoms with Crippen LogP contribution in [-0.4, -0.2) is 21.0 Å². The van der Waals surface area contributed by atoms with Crippen LogP contribution in [0.15, 0.2) is 35.0 Å². The van der Waals surface area contributed by atoms with E-state index in [0.717, 1.165) is 17.7 Å². The van der Waals surface area contributed by atoms with Gasteiger partial charge in [0.1, 0.15) is 5.69 Å². The molecule has 1 aliphatic rings. The minimum Gasteiger partial charge on any atom is -0.342 e. The van der Waals surface area contributed by atoms with E-state index in [1.165, 1.54) is 16.9 Å². The fourth-order valence-electron chi connectivity index (χ4n) is 2.61. The lowest BCUT2D eigenvalue weighted by Crippen LogP contribution is -2.22. The third kappa shape index (κ3) is 2.87. The Labute approximate surface area is 136 Å². The number of amides is 1. The molecule has 0 bridgehead atoms. The Kier molecular flexibility index (Phi) is 3.63. The highest BCUT2D eigenvalue weighted by molar-refractivity contribution is 7.14. The van der Waals surface area contributed by atoms with E-state index in [2.05, 4.69) is 20.4 Å². The SMILES string of the molecule is O=C(NCc1nc(-c2ccccn2)no1)c1cc2c(s1)CCC2. The first-order chi connectivity index (χ1) is 11.3. The minimum atomic E-state index is -0.0954. The summed E-state index contributed by atoms with van der Waals surface area (Å²) in [6, 6.07) is 7.48. The Hall–Kier alpha value is -2.54. The first kappa shape index (κ1) is 14.1. The molecule has 0 atom stereocenters. The average molecular weight is 326 g/mol. The highest BCUT2D eigenvalue weighted by atomic mass is 32.1. The van der Waals surface area contributed by atoms with Crippen LogP contribution in [0.2, 0.25) is 0 Å². The number of carbonyl (C=O) groups is 1. The van der Waals surface area contributed by atoms with Gasteiger partial charge in [-0.1, -0.05) is 11.2 Å². The normalized spacial score (nSPS) is 13.0. The summed E-state index contributed by atoms with van der Waals surface area (Å²) >= 11 is 1.58. The number of aromatic nitrogens is 3. The lowest BCUT2D eigenvalue weighted by Gasteiger charge is -1.99. The number of thiophene rings is 1. The summed E-state index contributed by atoms with van der Waals surface area (Å²) in [6.45, 7) is 0.210.